The summed E-state index contributed by atoms with van der Waals surface area (Å²) in [5.41, 5.74) is 0. The molecule has 8 heteroatoms. The first-order chi connectivity index (χ1) is 10.8. The monoisotopic (exact) mass is 347 g/mol. The Morgan fingerprint density at radius 2 is 2.09 bits per heavy atom. The van der Waals surface area contributed by atoms with Crippen LogP contribution in [0.3, 0.4) is 0 Å². The second kappa shape index (κ2) is 7.92. The molecular weight excluding hydrogens is 318 g/mol. The Balaban J connectivity index is 1.82. The molecule has 2 atom stereocenters. The predicted molar refractivity (Wildman–Crippen MR) is 88.6 cm³/mol. The van der Waals surface area contributed by atoms with Gasteiger partial charge < -0.3 is 10.1 Å². The van der Waals surface area contributed by atoms with Crippen LogP contribution in [0, 0.1) is 5.92 Å². The highest BCUT2D eigenvalue weighted by molar-refractivity contribution is 7.88. The Hall–Kier alpha value is -0.700. The molecule has 1 N–H and O–H groups in total. The van der Waals surface area contributed by atoms with Gasteiger partial charge in [0.2, 0.25) is 15.9 Å². The Labute approximate surface area is 139 Å². The van der Waals surface area contributed by atoms with Gasteiger partial charge in [0.05, 0.1) is 19.0 Å². The first kappa shape index (κ1) is 18.6. The molecule has 23 heavy (non-hydrogen) atoms. The van der Waals surface area contributed by atoms with Gasteiger partial charge in [-0.2, -0.15) is 4.31 Å². The molecule has 0 radical (unpaired) electrons. The van der Waals surface area contributed by atoms with Crippen molar-refractivity contribution in [1.29, 1.82) is 0 Å². The number of nitrogens with one attached hydrogen (secondary N) is 1. The molecule has 2 aliphatic rings. The third-order valence-electron chi connectivity index (χ3n) is 4.28. The van der Waals surface area contributed by atoms with Gasteiger partial charge in [0.15, 0.2) is 0 Å². The van der Waals surface area contributed by atoms with Gasteiger partial charge in [0.1, 0.15) is 6.04 Å². The highest BCUT2D eigenvalue weighted by Crippen LogP contribution is 2.20. The summed E-state index contributed by atoms with van der Waals surface area (Å²) in [6.45, 7) is 8.66. The zero-order valence-corrected chi connectivity index (χ0v) is 15.1. The fourth-order valence-corrected chi connectivity index (χ4v) is 4.44. The van der Waals surface area contributed by atoms with Gasteiger partial charge >= 0.3 is 0 Å². The molecule has 2 fully saturated rings. The van der Waals surface area contributed by atoms with Gasteiger partial charge in [-0.15, -0.1) is 0 Å². The molecule has 2 saturated heterocycles. The number of ether oxygens (including phenoxy) is 1. The lowest BCUT2D eigenvalue weighted by Gasteiger charge is -2.34. The molecule has 2 unspecified atom stereocenters. The summed E-state index contributed by atoms with van der Waals surface area (Å²) < 4.78 is 30.4. The van der Waals surface area contributed by atoms with Crippen molar-refractivity contribution in [2.75, 3.05) is 45.6 Å². The van der Waals surface area contributed by atoms with E-state index in [1.807, 2.05) is 0 Å². The van der Waals surface area contributed by atoms with E-state index < -0.39 is 16.1 Å². The first-order valence-corrected chi connectivity index (χ1v) is 10.2. The number of carbonyl (C=O) groups is 1. The van der Waals surface area contributed by atoms with E-state index in [1.165, 1.54) is 4.31 Å². The fraction of sp³-hybridized carbons (Fsp3) is 0.933. The van der Waals surface area contributed by atoms with Crippen LogP contribution in [-0.4, -0.2) is 81.3 Å². The van der Waals surface area contributed by atoms with Crippen molar-refractivity contribution in [3.8, 4) is 0 Å². The van der Waals surface area contributed by atoms with Crippen LogP contribution >= 0.6 is 0 Å². The average Bonchev–Trinajstić information content (AvgIpc) is 2.94. The topological polar surface area (TPSA) is 79.0 Å². The van der Waals surface area contributed by atoms with E-state index in [2.05, 4.69) is 24.1 Å². The van der Waals surface area contributed by atoms with Crippen molar-refractivity contribution in [3.63, 3.8) is 0 Å². The summed E-state index contributed by atoms with van der Waals surface area (Å²) in [6.07, 6.45) is 2.45. The number of sulfonamides is 1. The standard InChI is InChI=1S/C15H29N3O4S/c1-12(2)10-17-7-8-22-13(11-17)9-16-15(19)14-5-4-6-18(14)23(3,20)21/h12-14H,4-11H2,1-3H3,(H,16,19). The Morgan fingerprint density at radius 1 is 1.35 bits per heavy atom. The summed E-state index contributed by atoms with van der Waals surface area (Å²) in [4.78, 5) is 14.7. The van der Waals surface area contributed by atoms with Crippen LogP contribution in [0.2, 0.25) is 0 Å². The molecule has 0 aromatic rings. The molecule has 2 rings (SSSR count). The summed E-state index contributed by atoms with van der Waals surface area (Å²) >= 11 is 0. The maximum absolute atomic E-state index is 12.3. The number of amides is 1. The van der Waals surface area contributed by atoms with Crippen molar-refractivity contribution in [2.45, 2.75) is 38.8 Å². The quantitative estimate of drug-likeness (QED) is 0.725. The second-order valence-electron chi connectivity index (χ2n) is 6.92. The third-order valence-corrected chi connectivity index (χ3v) is 5.57. The molecule has 7 nitrogen and oxygen atoms in total. The van der Waals surface area contributed by atoms with E-state index in [4.69, 9.17) is 4.74 Å². The minimum absolute atomic E-state index is 0.0282. The van der Waals surface area contributed by atoms with Crippen LogP contribution in [0.25, 0.3) is 0 Å². The lowest BCUT2D eigenvalue weighted by molar-refractivity contribution is -0.125. The highest BCUT2D eigenvalue weighted by atomic mass is 32.2. The van der Waals surface area contributed by atoms with E-state index in [1.54, 1.807) is 0 Å². The lowest BCUT2D eigenvalue weighted by Crippen LogP contribution is -2.51. The summed E-state index contributed by atoms with van der Waals surface area (Å²) in [5, 5.41) is 2.87. The molecule has 2 heterocycles. The summed E-state index contributed by atoms with van der Waals surface area (Å²) in [7, 11) is -3.33. The molecular formula is C15H29N3O4S. The van der Waals surface area contributed by atoms with Crippen molar-refractivity contribution >= 4 is 15.9 Å². The van der Waals surface area contributed by atoms with Gasteiger partial charge in [-0.3, -0.25) is 9.69 Å². The summed E-state index contributed by atoms with van der Waals surface area (Å²) in [6, 6.07) is -0.569. The smallest absolute Gasteiger partial charge is 0.238 e. The fourth-order valence-electron chi connectivity index (χ4n) is 3.32. The zero-order chi connectivity index (χ0) is 17.0. The number of rotatable bonds is 6. The van der Waals surface area contributed by atoms with E-state index >= 15 is 0 Å². The minimum atomic E-state index is -3.33. The van der Waals surface area contributed by atoms with E-state index in [0.29, 0.717) is 32.0 Å². The Kier molecular flexibility index (Phi) is 6.41. The average molecular weight is 347 g/mol. The van der Waals surface area contributed by atoms with Gasteiger partial charge in [-0.05, 0) is 18.8 Å². The minimum Gasteiger partial charge on any atom is -0.374 e. The van der Waals surface area contributed by atoms with Crippen molar-refractivity contribution in [3.05, 3.63) is 0 Å². The van der Waals surface area contributed by atoms with Crippen LogP contribution in [0.5, 0.6) is 0 Å². The van der Waals surface area contributed by atoms with Crippen LogP contribution in [0.1, 0.15) is 26.7 Å². The van der Waals surface area contributed by atoms with Gasteiger partial charge in [-0.25, -0.2) is 8.42 Å². The van der Waals surface area contributed by atoms with E-state index in [-0.39, 0.29) is 12.0 Å². The van der Waals surface area contributed by atoms with Gasteiger partial charge in [0.25, 0.3) is 0 Å². The maximum Gasteiger partial charge on any atom is 0.238 e. The molecule has 0 saturated carbocycles. The van der Waals surface area contributed by atoms with Crippen molar-refractivity contribution < 1.29 is 17.9 Å². The van der Waals surface area contributed by atoms with Crippen molar-refractivity contribution in [2.24, 2.45) is 5.92 Å². The summed E-state index contributed by atoms with van der Waals surface area (Å²) in [5.74, 6) is 0.391. The molecule has 0 aromatic carbocycles. The van der Waals surface area contributed by atoms with Gasteiger partial charge in [-0.1, -0.05) is 13.8 Å². The largest absolute Gasteiger partial charge is 0.374 e. The highest BCUT2D eigenvalue weighted by Gasteiger charge is 2.36. The van der Waals surface area contributed by atoms with Crippen LogP contribution < -0.4 is 5.32 Å². The SMILES string of the molecule is CC(C)CN1CCOC(CNC(=O)C2CCCN2S(C)(=O)=O)C1. The molecule has 134 valence electrons. The lowest BCUT2D eigenvalue weighted by atomic mass is 10.1. The molecule has 0 aliphatic carbocycles. The Bertz CT molecular complexity index is 509. The predicted octanol–water partition coefficient (Wildman–Crippen LogP) is -0.117. The molecule has 0 bridgehead atoms. The molecule has 1 amide bonds. The number of carbonyl (C=O) groups excluding carboxylic acids is 1. The van der Waals surface area contributed by atoms with Crippen LogP contribution in [-0.2, 0) is 19.6 Å². The Morgan fingerprint density at radius 3 is 2.74 bits per heavy atom. The molecule has 0 spiro atoms. The maximum atomic E-state index is 12.3. The normalized spacial score (nSPS) is 27.5. The molecule has 2 aliphatic heterocycles. The van der Waals surface area contributed by atoms with Crippen molar-refractivity contribution in [1.82, 2.24) is 14.5 Å². The zero-order valence-electron chi connectivity index (χ0n) is 14.3. The van der Waals surface area contributed by atoms with Crippen LogP contribution in [0.4, 0.5) is 0 Å². The van der Waals surface area contributed by atoms with Gasteiger partial charge in [0, 0.05) is 32.7 Å². The number of nitrogens with zero attached hydrogens (tertiary/aromatic N) is 2. The number of morpholine rings is 1. The first-order valence-electron chi connectivity index (χ1n) is 8.36. The third kappa shape index (κ3) is 5.41. The van der Waals surface area contributed by atoms with Crippen LogP contribution in [0.15, 0.2) is 0 Å². The van der Waals surface area contributed by atoms with E-state index in [9.17, 15) is 13.2 Å². The second-order valence-corrected chi connectivity index (χ2v) is 8.86. The van der Waals surface area contributed by atoms with E-state index in [0.717, 1.165) is 32.3 Å². The number of hydrogen-bond acceptors (Lipinski definition) is 5. The number of hydrogen-bond donors (Lipinski definition) is 1. The molecule has 0 aromatic heterocycles.